The number of methoxy groups -OCH3 is 1. The molecule has 2 fully saturated rings. The van der Waals surface area contributed by atoms with E-state index in [1.807, 2.05) is 36.1 Å². The Kier molecular flexibility index (Phi) is 8.11. The van der Waals surface area contributed by atoms with E-state index in [-0.39, 0.29) is 17.7 Å². The number of nitrogens with zero attached hydrogens (tertiary/aromatic N) is 3. The summed E-state index contributed by atoms with van der Waals surface area (Å²) in [4.78, 5) is 35.8. The van der Waals surface area contributed by atoms with Crippen molar-refractivity contribution in [1.82, 2.24) is 25.0 Å². The first-order valence-corrected chi connectivity index (χ1v) is 12.7. The van der Waals surface area contributed by atoms with Crippen LogP contribution in [0.5, 0.6) is 5.75 Å². The normalized spacial score (nSPS) is 19.3. The van der Waals surface area contributed by atoms with Crippen molar-refractivity contribution in [3.63, 3.8) is 0 Å². The molecule has 1 aromatic heterocycles. The molecule has 3 heterocycles. The van der Waals surface area contributed by atoms with Crippen LogP contribution in [0.1, 0.15) is 37.2 Å². The number of hydrogen-bond acceptors (Lipinski definition) is 5. The van der Waals surface area contributed by atoms with Gasteiger partial charge in [-0.15, -0.1) is 0 Å². The van der Waals surface area contributed by atoms with E-state index in [0.717, 1.165) is 68.8 Å². The van der Waals surface area contributed by atoms with Crippen molar-refractivity contribution in [3.8, 4) is 5.75 Å². The number of likely N-dealkylation sites (tertiary alicyclic amines) is 1. The molecule has 34 heavy (non-hydrogen) atoms. The first-order chi connectivity index (χ1) is 16.5. The number of nitrogens with one attached hydrogen (secondary N) is 2. The lowest BCUT2D eigenvalue weighted by Crippen LogP contribution is -2.48. The van der Waals surface area contributed by atoms with Gasteiger partial charge in [-0.05, 0) is 43.5 Å². The van der Waals surface area contributed by atoms with Gasteiger partial charge in [0.2, 0.25) is 5.91 Å². The highest BCUT2D eigenvalue weighted by atomic mass is 16.5. The number of H-pyrrole nitrogens is 1. The Morgan fingerprint density at radius 1 is 1.09 bits per heavy atom. The van der Waals surface area contributed by atoms with E-state index in [1.54, 1.807) is 7.11 Å². The zero-order valence-electron chi connectivity index (χ0n) is 20.8. The smallest absolute Gasteiger partial charge is 0.270 e. The number of rotatable bonds is 8. The maximum atomic E-state index is 13.0. The third kappa shape index (κ3) is 5.73. The number of piperidine rings is 1. The second-order valence-electron chi connectivity index (χ2n) is 9.62. The molecule has 8 heteroatoms. The number of hydrogen-bond donors (Lipinski definition) is 2. The molecule has 0 unspecified atom stereocenters. The number of aromatic nitrogens is 1. The van der Waals surface area contributed by atoms with Gasteiger partial charge in [-0.1, -0.05) is 13.8 Å². The fourth-order valence-corrected chi connectivity index (χ4v) is 5.16. The SMILES string of the molecule is CCN1CCN(CCNC(=O)[C@@H](C)C2CCN(C(=O)c3cc4ccc(OC)cc4[nH]3)CC2)CC1. The molecule has 4 rings (SSSR count). The molecule has 2 amide bonds. The molecule has 0 bridgehead atoms. The van der Waals surface area contributed by atoms with Gasteiger partial charge in [-0.2, -0.15) is 0 Å². The molecule has 2 aliphatic rings. The fraction of sp³-hybridized carbons (Fsp3) is 0.615. The number of fused-ring (bicyclic) bond motifs is 1. The summed E-state index contributed by atoms with van der Waals surface area (Å²) in [6.07, 6.45) is 1.71. The maximum absolute atomic E-state index is 13.0. The third-order valence-electron chi connectivity index (χ3n) is 7.65. The van der Waals surface area contributed by atoms with Crippen LogP contribution in [0.4, 0.5) is 0 Å². The molecule has 2 N–H and O–H groups in total. The number of piperazine rings is 1. The van der Waals surface area contributed by atoms with E-state index >= 15 is 0 Å². The third-order valence-corrected chi connectivity index (χ3v) is 7.65. The number of carbonyl (C=O) groups is 2. The Hall–Kier alpha value is -2.58. The molecule has 1 atom stereocenters. The zero-order chi connectivity index (χ0) is 24.1. The summed E-state index contributed by atoms with van der Waals surface area (Å²) in [7, 11) is 1.64. The van der Waals surface area contributed by atoms with Crippen LogP contribution in [0.3, 0.4) is 0 Å². The molecule has 1 aromatic carbocycles. The summed E-state index contributed by atoms with van der Waals surface area (Å²) < 4.78 is 5.27. The predicted molar refractivity (Wildman–Crippen MR) is 134 cm³/mol. The van der Waals surface area contributed by atoms with Crippen LogP contribution >= 0.6 is 0 Å². The second kappa shape index (κ2) is 11.2. The Labute approximate surface area is 202 Å². The molecule has 0 saturated carbocycles. The van der Waals surface area contributed by atoms with Crippen molar-refractivity contribution >= 4 is 22.7 Å². The number of likely N-dealkylation sites (N-methyl/N-ethyl adjacent to an activating group) is 1. The average molecular weight is 470 g/mol. The number of carbonyl (C=O) groups excluding carboxylic acids is 2. The topological polar surface area (TPSA) is 80.9 Å². The van der Waals surface area contributed by atoms with Gasteiger partial charge in [0, 0.05) is 75.2 Å². The minimum atomic E-state index is -0.0327. The molecule has 186 valence electrons. The van der Waals surface area contributed by atoms with Gasteiger partial charge in [-0.3, -0.25) is 14.5 Å². The Balaban J connectivity index is 1.21. The van der Waals surface area contributed by atoms with Crippen LogP contribution in [0.2, 0.25) is 0 Å². The molecular weight excluding hydrogens is 430 g/mol. The molecule has 0 radical (unpaired) electrons. The summed E-state index contributed by atoms with van der Waals surface area (Å²) in [6.45, 7) is 12.7. The molecule has 0 spiro atoms. The van der Waals surface area contributed by atoms with Crippen molar-refractivity contribution in [2.45, 2.75) is 26.7 Å². The lowest BCUT2D eigenvalue weighted by molar-refractivity contribution is -0.126. The highest BCUT2D eigenvalue weighted by molar-refractivity contribution is 5.98. The van der Waals surface area contributed by atoms with Crippen molar-refractivity contribution < 1.29 is 14.3 Å². The Bertz CT molecular complexity index is 974. The van der Waals surface area contributed by atoms with Crippen LogP contribution in [0.15, 0.2) is 24.3 Å². The molecule has 2 aromatic rings. The van der Waals surface area contributed by atoms with Gasteiger partial charge in [0.15, 0.2) is 0 Å². The number of aromatic amines is 1. The summed E-state index contributed by atoms with van der Waals surface area (Å²) in [5.41, 5.74) is 1.50. The van der Waals surface area contributed by atoms with Crippen molar-refractivity contribution in [2.75, 3.05) is 66.0 Å². The lowest BCUT2D eigenvalue weighted by Gasteiger charge is -2.35. The van der Waals surface area contributed by atoms with Crippen LogP contribution < -0.4 is 10.1 Å². The van der Waals surface area contributed by atoms with E-state index in [9.17, 15) is 9.59 Å². The highest BCUT2D eigenvalue weighted by Gasteiger charge is 2.30. The largest absolute Gasteiger partial charge is 0.497 e. The van der Waals surface area contributed by atoms with E-state index in [0.29, 0.717) is 31.2 Å². The molecule has 0 aliphatic carbocycles. The molecule has 2 aliphatic heterocycles. The average Bonchev–Trinajstić information content (AvgIpc) is 3.31. The van der Waals surface area contributed by atoms with E-state index in [2.05, 4.69) is 27.0 Å². The standard InChI is InChI=1S/C26H39N5O3/c1-4-29-13-15-30(16-14-29)12-9-27-25(32)19(2)20-7-10-31(11-8-20)26(33)24-17-21-5-6-22(34-3)18-23(21)28-24/h5-6,17-20,28H,4,7-16H2,1-3H3,(H,27,32)/t19-/m0/s1. The quantitative estimate of drug-likeness (QED) is 0.621. The molecule has 2 saturated heterocycles. The summed E-state index contributed by atoms with van der Waals surface area (Å²) in [5.74, 6) is 1.20. The van der Waals surface area contributed by atoms with Crippen LogP contribution in [-0.4, -0.2) is 97.5 Å². The first-order valence-electron chi connectivity index (χ1n) is 12.7. The van der Waals surface area contributed by atoms with E-state index in [4.69, 9.17) is 4.74 Å². The second-order valence-corrected chi connectivity index (χ2v) is 9.62. The van der Waals surface area contributed by atoms with Crippen LogP contribution in [0.25, 0.3) is 10.9 Å². The molecule has 8 nitrogen and oxygen atoms in total. The van der Waals surface area contributed by atoms with Gasteiger partial charge in [-0.25, -0.2) is 0 Å². The minimum absolute atomic E-state index is 0.0221. The van der Waals surface area contributed by atoms with Gasteiger partial charge in [0.05, 0.1) is 7.11 Å². The van der Waals surface area contributed by atoms with Gasteiger partial charge < -0.3 is 24.8 Å². The number of ether oxygens (including phenoxy) is 1. The summed E-state index contributed by atoms with van der Waals surface area (Å²) in [5, 5.41) is 4.14. The Morgan fingerprint density at radius 3 is 2.47 bits per heavy atom. The number of amides is 2. The van der Waals surface area contributed by atoms with Gasteiger partial charge >= 0.3 is 0 Å². The number of benzene rings is 1. The Morgan fingerprint density at radius 2 is 1.79 bits per heavy atom. The first kappa shape index (κ1) is 24.5. The fourth-order valence-electron chi connectivity index (χ4n) is 5.16. The van der Waals surface area contributed by atoms with Crippen molar-refractivity contribution in [1.29, 1.82) is 0 Å². The predicted octanol–water partition coefficient (Wildman–Crippen LogP) is 2.42. The van der Waals surface area contributed by atoms with Gasteiger partial charge in [0.1, 0.15) is 11.4 Å². The van der Waals surface area contributed by atoms with Crippen LogP contribution in [-0.2, 0) is 4.79 Å². The summed E-state index contributed by atoms with van der Waals surface area (Å²) in [6, 6.07) is 7.67. The minimum Gasteiger partial charge on any atom is -0.497 e. The molecular formula is C26H39N5O3. The highest BCUT2D eigenvalue weighted by Crippen LogP contribution is 2.27. The van der Waals surface area contributed by atoms with Crippen molar-refractivity contribution in [3.05, 3.63) is 30.0 Å². The van der Waals surface area contributed by atoms with Crippen LogP contribution in [0, 0.1) is 11.8 Å². The maximum Gasteiger partial charge on any atom is 0.270 e. The zero-order valence-corrected chi connectivity index (χ0v) is 20.8. The van der Waals surface area contributed by atoms with Crippen molar-refractivity contribution in [2.24, 2.45) is 11.8 Å². The monoisotopic (exact) mass is 469 g/mol. The van der Waals surface area contributed by atoms with E-state index < -0.39 is 0 Å². The van der Waals surface area contributed by atoms with Gasteiger partial charge in [0.25, 0.3) is 5.91 Å². The summed E-state index contributed by atoms with van der Waals surface area (Å²) >= 11 is 0. The lowest BCUT2D eigenvalue weighted by atomic mass is 9.84. The van der Waals surface area contributed by atoms with E-state index in [1.165, 1.54) is 0 Å².